The lowest BCUT2D eigenvalue weighted by molar-refractivity contribution is 0.376. The van der Waals surface area contributed by atoms with Crippen LogP contribution in [0.1, 0.15) is 25.8 Å². The molecule has 11 heteroatoms. The van der Waals surface area contributed by atoms with Crippen LogP contribution in [-0.2, 0) is 16.6 Å². The van der Waals surface area contributed by atoms with E-state index in [1.54, 1.807) is 10.6 Å². The fourth-order valence-corrected chi connectivity index (χ4v) is 5.51. The SMILES string of the molecule is CC(C)n1c(=O)sc2cc(S(=O)(=O)NCc3nc(-c4cccc(Br)c4)no3)ccc21. The molecule has 0 radical (unpaired) electrons. The van der Waals surface area contributed by atoms with Crippen LogP contribution in [0, 0.1) is 0 Å². The van der Waals surface area contributed by atoms with E-state index in [2.05, 4.69) is 30.8 Å². The average Bonchev–Trinajstić information content (AvgIpc) is 3.29. The summed E-state index contributed by atoms with van der Waals surface area (Å²) >= 11 is 4.41. The zero-order valence-corrected chi connectivity index (χ0v) is 19.2. The molecule has 4 rings (SSSR count). The van der Waals surface area contributed by atoms with Crippen molar-refractivity contribution < 1.29 is 12.9 Å². The first-order valence-electron chi connectivity index (χ1n) is 8.98. The number of thiazole rings is 1. The van der Waals surface area contributed by atoms with Crippen molar-refractivity contribution in [1.82, 2.24) is 19.4 Å². The Bertz CT molecular complexity index is 1390. The minimum absolute atomic E-state index is 0.0104. The summed E-state index contributed by atoms with van der Waals surface area (Å²) in [7, 11) is -3.83. The number of halogens is 1. The van der Waals surface area contributed by atoms with Gasteiger partial charge in [-0.2, -0.15) is 4.98 Å². The van der Waals surface area contributed by atoms with Crippen LogP contribution in [-0.4, -0.2) is 23.1 Å². The molecule has 0 saturated carbocycles. The van der Waals surface area contributed by atoms with Gasteiger partial charge in [-0.05, 0) is 44.2 Å². The van der Waals surface area contributed by atoms with Crippen molar-refractivity contribution in [1.29, 1.82) is 0 Å². The van der Waals surface area contributed by atoms with E-state index in [1.807, 2.05) is 38.1 Å². The summed E-state index contributed by atoms with van der Waals surface area (Å²) in [4.78, 5) is 16.4. The Morgan fingerprint density at radius 1 is 1.23 bits per heavy atom. The van der Waals surface area contributed by atoms with Crippen LogP contribution >= 0.6 is 27.3 Å². The maximum Gasteiger partial charge on any atom is 0.308 e. The largest absolute Gasteiger partial charge is 0.338 e. The molecule has 0 fully saturated rings. The van der Waals surface area contributed by atoms with E-state index in [-0.39, 0.29) is 28.2 Å². The lowest BCUT2D eigenvalue weighted by Crippen LogP contribution is -2.23. The second kappa shape index (κ2) is 8.06. The summed E-state index contributed by atoms with van der Waals surface area (Å²) in [5.41, 5.74) is 1.46. The number of sulfonamides is 1. The van der Waals surface area contributed by atoms with Crippen LogP contribution in [0.3, 0.4) is 0 Å². The molecule has 0 unspecified atom stereocenters. The van der Waals surface area contributed by atoms with E-state index in [9.17, 15) is 13.2 Å². The minimum Gasteiger partial charge on any atom is -0.338 e. The van der Waals surface area contributed by atoms with Gasteiger partial charge in [-0.15, -0.1) is 0 Å². The predicted molar refractivity (Wildman–Crippen MR) is 118 cm³/mol. The van der Waals surface area contributed by atoms with Crippen LogP contribution in [0.4, 0.5) is 0 Å². The Kier molecular flexibility index (Phi) is 5.62. The highest BCUT2D eigenvalue weighted by atomic mass is 79.9. The molecule has 0 bridgehead atoms. The molecule has 0 amide bonds. The number of benzene rings is 2. The summed E-state index contributed by atoms with van der Waals surface area (Å²) in [6, 6.07) is 12.0. The summed E-state index contributed by atoms with van der Waals surface area (Å²) < 4.78 is 36.2. The third-order valence-electron chi connectivity index (χ3n) is 4.38. The second-order valence-corrected chi connectivity index (χ2v) is 10.5. The molecule has 8 nitrogen and oxygen atoms in total. The van der Waals surface area contributed by atoms with E-state index in [0.29, 0.717) is 10.5 Å². The standard InChI is InChI=1S/C19H17BrN4O4S2/c1-11(2)24-15-7-6-14(9-16(15)29-19(24)25)30(26,27)21-10-17-22-18(23-28-17)12-4-3-5-13(20)8-12/h3-9,11,21H,10H2,1-2H3. The summed E-state index contributed by atoms with van der Waals surface area (Å²) in [5.74, 6) is 0.511. The topological polar surface area (TPSA) is 107 Å². The van der Waals surface area contributed by atoms with Gasteiger partial charge in [-0.3, -0.25) is 9.36 Å². The van der Waals surface area contributed by atoms with E-state index in [4.69, 9.17) is 4.52 Å². The highest BCUT2D eigenvalue weighted by Crippen LogP contribution is 2.24. The minimum atomic E-state index is -3.83. The lowest BCUT2D eigenvalue weighted by atomic mass is 10.2. The molecule has 1 N–H and O–H groups in total. The van der Waals surface area contributed by atoms with Gasteiger partial charge in [0.1, 0.15) is 0 Å². The summed E-state index contributed by atoms with van der Waals surface area (Å²) in [6.45, 7) is 3.67. The molecule has 0 spiro atoms. The molecule has 2 heterocycles. The van der Waals surface area contributed by atoms with Crippen LogP contribution in [0.5, 0.6) is 0 Å². The van der Waals surface area contributed by atoms with Crippen molar-refractivity contribution in [3.05, 3.63) is 62.5 Å². The van der Waals surface area contributed by atoms with Crippen LogP contribution in [0.15, 0.2) is 61.2 Å². The highest BCUT2D eigenvalue weighted by Gasteiger charge is 2.19. The molecular weight excluding hydrogens is 492 g/mol. The van der Waals surface area contributed by atoms with E-state index in [1.165, 1.54) is 12.1 Å². The van der Waals surface area contributed by atoms with Crippen molar-refractivity contribution in [2.45, 2.75) is 31.3 Å². The van der Waals surface area contributed by atoms with Gasteiger partial charge < -0.3 is 4.52 Å². The smallest absolute Gasteiger partial charge is 0.308 e. The van der Waals surface area contributed by atoms with Gasteiger partial charge in [-0.1, -0.05) is 44.6 Å². The predicted octanol–water partition coefficient (Wildman–Crippen LogP) is 3.93. The maximum absolute atomic E-state index is 12.7. The van der Waals surface area contributed by atoms with Crippen molar-refractivity contribution in [2.24, 2.45) is 0 Å². The lowest BCUT2D eigenvalue weighted by Gasteiger charge is -2.08. The first-order chi connectivity index (χ1) is 14.2. The van der Waals surface area contributed by atoms with Gasteiger partial charge in [-0.25, -0.2) is 13.1 Å². The van der Waals surface area contributed by atoms with Crippen molar-refractivity contribution in [3.8, 4) is 11.4 Å². The molecule has 156 valence electrons. The number of nitrogens with one attached hydrogen (secondary N) is 1. The monoisotopic (exact) mass is 508 g/mol. The third-order valence-corrected chi connectivity index (χ3v) is 7.19. The van der Waals surface area contributed by atoms with Crippen LogP contribution in [0.2, 0.25) is 0 Å². The maximum atomic E-state index is 12.7. The number of fused-ring (bicyclic) bond motifs is 1. The number of aromatic nitrogens is 3. The number of nitrogens with zero attached hydrogens (tertiary/aromatic N) is 3. The summed E-state index contributed by atoms with van der Waals surface area (Å²) in [5, 5.41) is 3.89. The number of rotatable bonds is 6. The molecule has 4 aromatic rings. The van der Waals surface area contributed by atoms with E-state index < -0.39 is 10.0 Å². The molecule has 2 aromatic carbocycles. The Balaban J connectivity index is 1.54. The Morgan fingerprint density at radius 3 is 2.77 bits per heavy atom. The molecule has 30 heavy (non-hydrogen) atoms. The van der Waals surface area contributed by atoms with Gasteiger partial charge in [0.15, 0.2) is 0 Å². The molecule has 0 aliphatic heterocycles. The molecular formula is C19H17BrN4O4S2. The zero-order chi connectivity index (χ0) is 21.5. The van der Waals surface area contributed by atoms with E-state index >= 15 is 0 Å². The van der Waals surface area contributed by atoms with Gasteiger partial charge in [0.05, 0.1) is 21.7 Å². The van der Waals surface area contributed by atoms with Crippen molar-refractivity contribution in [3.63, 3.8) is 0 Å². The van der Waals surface area contributed by atoms with Crippen LogP contribution in [0.25, 0.3) is 21.6 Å². The molecule has 2 aromatic heterocycles. The van der Waals surface area contributed by atoms with Gasteiger partial charge in [0, 0.05) is 16.1 Å². The third kappa shape index (κ3) is 4.10. The first kappa shape index (κ1) is 20.9. The quantitative estimate of drug-likeness (QED) is 0.422. The second-order valence-electron chi connectivity index (χ2n) is 6.81. The first-order valence-corrected chi connectivity index (χ1v) is 12.1. The molecule has 0 atom stereocenters. The van der Waals surface area contributed by atoms with Gasteiger partial charge in [0.2, 0.25) is 21.7 Å². The molecule has 0 saturated heterocycles. The number of hydrogen-bond donors (Lipinski definition) is 1. The van der Waals surface area contributed by atoms with Gasteiger partial charge in [0.25, 0.3) is 0 Å². The molecule has 0 aliphatic rings. The van der Waals surface area contributed by atoms with Crippen LogP contribution < -0.4 is 9.60 Å². The zero-order valence-electron chi connectivity index (χ0n) is 16.0. The highest BCUT2D eigenvalue weighted by molar-refractivity contribution is 9.10. The number of hydrogen-bond acceptors (Lipinski definition) is 7. The Hall–Kier alpha value is -2.34. The fraction of sp³-hybridized carbons (Fsp3) is 0.211. The normalized spacial score (nSPS) is 12.1. The van der Waals surface area contributed by atoms with E-state index in [0.717, 1.165) is 26.9 Å². The fourth-order valence-electron chi connectivity index (χ4n) is 2.98. The average molecular weight is 509 g/mol. The van der Waals surface area contributed by atoms with Gasteiger partial charge >= 0.3 is 4.87 Å². The van der Waals surface area contributed by atoms with Crippen molar-refractivity contribution >= 4 is 47.5 Å². The Morgan fingerprint density at radius 2 is 2.03 bits per heavy atom. The summed E-state index contributed by atoms with van der Waals surface area (Å²) in [6.07, 6.45) is 0. The van der Waals surface area contributed by atoms with Crippen molar-refractivity contribution in [2.75, 3.05) is 0 Å². The Labute approximate surface area is 184 Å². The molecule has 0 aliphatic carbocycles.